The van der Waals surface area contributed by atoms with Crippen LogP contribution in [0.4, 0.5) is 4.79 Å². The van der Waals surface area contributed by atoms with Crippen LogP contribution in [0.15, 0.2) is 42.5 Å². The molecular formula is C20H24N4O3. The first kappa shape index (κ1) is 18.6. The largest absolute Gasteiger partial charge is 0.497 e. The van der Waals surface area contributed by atoms with Crippen molar-refractivity contribution in [2.45, 2.75) is 25.9 Å². The van der Waals surface area contributed by atoms with E-state index in [9.17, 15) is 4.79 Å². The monoisotopic (exact) mass is 368 g/mol. The van der Waals surface area contributed by atoms with Crippen LogP contribution in [-0.4, -0.2) is 30.2 Å². The number of rotatable bonds is 6. The van der Waals surface area contributed by atoms with Crippen molar-refractivity contribution in [1.29, 1.82) is 0 Å². The minimum atomic E-state index is -0.291. The van der Waals surface area contributed by atoms with Crippen LogP contribution in [0.5, 0.6) is 11.5 Å². The Morgan fingerprint density at radius 2 is 1.78 bits per heavy atom. The van der Waals surface area contributed by atoms with Crippen molar-refractivity contribution in [3.63, 3.8) is 0 Å². The summed E-state index contributed by atoms with van der Waals surface area (Å²) in [4.78, 5) is 20.2. The van der Waals surface area contributed by atoms with Crippen LogP contribution < -0.4 is 20.1 Å². The highest BCUT2D eigenvalue weighted by Gasteiger charge is 2.18. The van der Waals surface area contributed by atoms with E-state index in [0.29, 0.717) is 17.3 Å². The van der Waals surface area contributed by atoms with Gasteiger partial charge in [0.2, 0.25) is 0 Å². The molecule has 0 spiro atoms. The number of amides is 2. The molecule has 0 saturated heterocycles. The highest BCUT2D eigenvalue weighted by molar-refractivity contribution is 5.76. The summed E-state index contributed by atoms with van der Waals surface area (Å²) in [6.07, 6.45) is 0. The summed E-state index contributed by atoms with van der Waals surface area (Å²) in [5.41, 5.74) is 2.65. The van der Waals surface area contributed by atoms with E-state index >= 15 is 0 Å². The first-order valence-corrected chi connectivity index (χ1v) is 8.75. The van der Waals surface area contributed by atoms with Crippen molar-refractivity contribution in [3.05, 3.63) is 53.9 Å². The van der Waals surface area contributed by atoms with Crippen LogP contribution >= 0.6 is 0 Å². The van der Waals surface area contributed by atoms with Crippen molar-refractivity contribution < 1.29 is 14.3 Å². The molecule has 2 unspecified atom stereocenters. The summed E-state index contributed by atoms with van der Waals surface area (Å²) in [7, 11) is 3.20. The summed E-state index contributed by atoms with van der Waals surface area (Å²) in [5.74, 6) is 2.10. The number of para-hydroxylation sites is 2. The Labute approximate surface area is 158 Å². The molecule has 2 atom stereocenters. The third-order valence-corrected chi connectivity index (χ3v) is 4.42. The van der Waals surface area contributed by atoms with Crippen LogP contribution in [0.3, 0.4) is 0 Å². The minimum Gasteiger partial charge on any atom is -0.497 e. The van der Waals surface area contributed by atoms with Crippen molar-refractivity contribution in [1.82, 2.24) is 20.6 Å². The Kier molecular flexibility index (Phi) is 5.49. The quantitative estimate of drug-likeness (QED) is 0.619. The first-order chi connectivity index (χ1) is 13.0. The molecule has 142 valence electrons. The molecule has 3 rings (SSSR count). The molecule has 1 aromatic heterocycles. The molecule has 3 N–H and O–H groups in total. The number of aromatic nitrogens is 2. The predicted molar refractivity (Wildman–Crippen MR) is 104 cm³/mol. The van der Waals surface area contributed by atoms with E-state index < -0.39 is 0 Å². The van der Waals surface area contributed by atoms with E-state index in [1.165, 1.54) is 0 Å². The zero-order valence-corrected chi connectivity index (χ0v) is 15.9. The molecule has 1 heterocycles. The standard InChI is InChI=1S/C20H24N4O3/c1-12(15-11-14(26-3)9-10-18(15)27-4)21-20(25)22-13(2)19-23-16-7-5-6-8-17(16)24-19/h5-13H,1-4H3,(H,23,24)(H2,21,22,25). The number of nitrogens with one attached hydrogen (secondary N) is 3. The van der Waals surface area contributed by atoms with Gasteiger partial charge in [0.05, 0.1) is 37.3 Å². The molecule has 0 bridgehead atoms. The van der Waals surface area contributed by atoms with Gasteiger partial charge in [-0.25, -0.2) is 9.78 Å². The summed E-state index contributed by atoms with van der Waals surface area (Å²) in [6.45, 7) is 3.77. The number of carbonyl (C=O) groups excluding carboxylic acids is 1. The second-order valence-electron chi connectivity index (χ2n) is 6.31. The van der Waals surface area contributed by atoms with Gasteiger partial charge in [-0.2, -0.15) is 0 Å². The van der Waals surface area contributed by atoms with Crippen LogP contribution in [0.2, 0.25) is 0 Å². The Morgan fingerprint density at radius 1 is 1.04 bits per heavy atom. The van der Waals surface area contributed by atoms with E-state index in [0.717, 1.165) is 16.6 Å². The number of benzene rings is 2. The minimum absolute atomic E-state index is 0.266. The van der Waals surface area contributed by atoms with Gasteiger partial charge in [0.15, 0.2) is 0 Å². The maximum Gasteiger partial charge on any atom is 0.315 e. The Balaban J connectivity index is 1.68. The van der Waals surface area contributed by atoms with Gasteiger partial charge in [0, 0.05) is 5.56 Å². The fourth-order valence-electron chi connectivity index (χ4n) is 2.94. The van der Waals surface area contributed by atoms with Crippen LogP contribution in [0, 0.1) is 0 Å². The maximum atomic E-state index is 12.4. The second-order valence-corrected chi connectivity index (χ2v) is 6.31. The zero-order valence-electron chi connectivity index (χ0n) is 15.9. The van der Waals surface area contributed by atoms with Gasteiger partial charge in [-0.3, -0.25) is 0 Å². The molecule has 0 radical (unpaired) electrons. The van der Waals surface area contributed by atoms with E-state index in [1.807, 2.05) is 56.3 Å². The third kappa shape index (κ3) is 4.13. The smallest absolute Gasteiger partial charge is 0.315 e. The molecule has 3 aromatic rings. The van der Waals surface area contributed by atoms with Crippen LogP contribution in [0.1, 0.15) is 37.3 Å². The molecule has 7 heteroatoms. The van der Waals surface area contributed by atoms with Gasteiger partial charge in [0.1, 0.15) is 17.3 Å². The molecular weight excluding hydrogens is 344 g/mol. The summed E-state index contributed by atoms with van der Waals surface area (Å²) < 4.78 is 10.7. The van der Waals surface area contributed by atoms with Gasteiger partial charge in [-0.05, 0) is 44.2 Å². The maximum absolute atomic E-state index is 12.4. The molecule has 0 aliphatic carbocycles. The number of methoxy groups -OCH3 is 2. The van der Waals surface area contributed by atoms with Crippen molar-refractivity contribution in [2.75, 3.05) is 14.2 Å². The van der Waals surface area contributed by atoms with E-state index in [2.05, 4.69) is 20.6 Å². The Bertz CT molecular complexity index is 905. The van der Waals surface area contributed by atoms with E-state index in [1.54, 1.807) is 14.2 Å². The Morgan fingerprint density at radius 3 is 2.48 bits per heavy atom. The second kappa shape index (κ2) is 7.99. The van der Waals surface area contributed by atoms with Crippen LogP contribution in [0.25, 0.3) is 11.0 Å². The fraction of sp³-hybridized carbons (Fsp3) is 0.300. The van der Waals surface area contributed by atoms with Gasteiger partial charge in [-0.1, -0.05) is 12.1 Å². The van der Waals surface area contributed by atoms with Gasteiger partial charge in [0.25, 0.3) is 0 Å². The number of nitrogens with zero attached hydrogens (tertiary/aromatic N) is 1. The predicted octanol–water partition coefficient (Wildman–Crippen LogP) is 3.70. The molecule has 27 heavy (non-hydrogen) atoms. The fourth-order valence-corrected chi connectivity index (χ4v) is 2.94. The van der Waals surface area contributed by atoms with Crippen molar-refractivity contribution >= 4 is 17.1 Å². The number of ether oxygens (including phenoxy) is 2. The van der Waals surface area contributed by atoms with Gasteiger partial charge < -0.3 is 25.1 Å². The molecule has 0 aliphatic heterocycles. The van der Waals surface area contributed by atoms with Gasteiger partial charge >= 0.3 is 6.03 Å². The number of aromatic amines is 1. The molecule has 0 aliphatic rings. The lowest BCUT2D eigenvalue weighted by atomic mass is 10.1. The first-order valence-electron chi connectivity index (χ1n) is 8.75. The summed E-state index contributed by atoms with van der Waals surface area (Å²) in [5, 5.41) is 5.84. The molecule has 0 saturated carbocycles. The zero-order chi connectivity index (χ0) is 19.4. The average Bonchev–Trinajstić information content (AvgIpc) is 3.11. The lowest BCUT2D eigenvalue weighted by Gasteiger charge is -2.20. The number of urea groups is 1. The van der Waals surface area contributed by atoms with Crippen molar-refractivity contribution in [3.8, 4) is 11.5 Å². The highest BCUT2D eigenvalue weighted by atomic mass is 16.5. The third-order valence-electron chi connectivity index (χ3n) is 4.42. The number of hydrogen-bond donors (Lipinski definition) is 3. The van der Waals surface area contributed by atoms with E-state index in [4.69, 9.17) is 9.47 Å². The summed E-state index contributed by atoms with van der Waals surface area (Å²) in [6, 6.07) is 12.4. The number of fused-ring (bicyclic) bond motifs is 1. The SMILES string of the molecule is COc1ccc(OC)c(C(C)NC(=O)NC(C)c2nc3ccccc3[nH]2)c1. The highest BCUT2D eigenvalue weighted by Crippen LogP contribution is 2.29. The van der Waals surface area contributed by atoms with Gasteiger partial charge in [-0.15, -0.1) is 0 Å². The van der Waals surface area contributed by atoms with Crippen LogP contribution in [-0.2, 0) is 0 Å². The van der Waals surface area contributed by atoms with E-state index in [-0.39, 0.29) is 18.1 Å². The number of imidazole rings is 1. The van der Waals surface area contributed by atoms with Crippen molar-refractivity contribution in [2.24, 2.45) is 0 Å². The Hall–Kier alpha value is -3.22. The molecule has 0 fully saturated rings. The summed E-state index contributed by atoms with van der Waals surface area (Å²) >= 11 is 0. The lowest BCUT2D eigenvalue weighted by molar-refractivity contribution is 0.234. The average molecular weight is 368 g/mol. The normalized spacial score (nSPS) is 13.0. The molecule has 7 nitrogen and oxygen atoms in total. The number of carbonyl (C=O) groups is 1. The number of H-pyrrole nitrogens is 1. The molecule has 2 aromatic carbocycles. The molecule has 2 amide bonds. The number of hydrogen-bond acceptors (Lipinski definition) is 4. The lowest BCUT2D eigenvalue weighted by Crippen LogP contribution is -2.38. The topological polar surface area (TPSA) is 88.3 Å².